The molecule has 0 unspecified atom stereocenters. The van der Waals surface area contributed by atoms with E-state index in [1.165, 1.54) is 0 Å². The summed E-state index contributed by atoms with van der Waals surface area (Å²) in [5.41, 5.74) is 8.23. The number of carbonyl (C=O) groups is 1. The predicted molar refractivity (Wildman–Crippen MR) is 76.5 cm³/mol. The number of anilines is 2. The van der Waals surface area contributed by atoms with Crippen LogP contribution in [0.2, 0.25) is 0 Å². The van der Waals surface area contributed by atoms with Crippen molar-refractivity contribution in [3.05, 3.63) is 29.3 Å². The predicted octanol–water partition coefficient (Wildman–Crippen LogP) is 1.71. The van der Waals surface area contributed by atoms with Crippen molar-refractivity contribution in [3.63, 3.8) is 0 Å². The zero-order chi connectivity index (χ0) is 14.9. The van der Waals surface area contributed by atoms with Gasteiger partial charge < -0.3 is 10.3 Å². The van der Waals surface area contributed by atoms with E-state index in [-0.39, 0.29) is 17.9 Å². The molecule has 0 atom stereocenters. The quantitative estimate of drug-likeness (QED) is 0.887. The molecule has 7 heteroatoms. The summed E-state index contributed by atoms with van der Waals surface area (Å²) >= 11 is 0. The van der Waals surface area contributed by atoms with Crippen LogP contribution >= 0.6 is 0 Å². The molecular formula is C13H18N6O. The fourth-order valence-corrected chi connectivity index (χ4v) is 1.79. The van der Waals surface area contributed by atoms with E-state index in [1.807, 2.05) is 27.7 Å². The average molecular weight is 274 g/mol. The van der Waals surface area contributed by atoms with Crippen LogP contribution in [0, 0.1) is 13.8 Å². The first-order valence-corrected chi connectivity index (χ1v) is 6.35. The Morgan fingerprint density at radius 3 is 2.60 bits per heavy atom. The number of nitrogens with zero attached hydrogens (tertiary/aromatic N) is 4. The highest BCUT2D eigenvalue weighted by atomic mass is 16.2. The Morgan fingerprint density at radius 1 is 1.30 bits per heavy atom. The maximum absolute atomic E-state index is 12.3. The first kappa shape index (κ1) is 14.0. The number of amides is 1. The lowest BCUT2D eigenvalue weighted by atomic mass is 10.3. The molecule has 106 valence electrons. The van der Waals surface area contributed by atoms with Crippen molar-refractivity contribution < 1.29 is 4.79 Å². The monoisotopic (exact) mass is 274 g/mol. The Bertz CT molecular complexity index is 646. The second-order valence-electron chi connectivity index (χ2n) is 4.92. The number of rotatable bonds is 3. The Balaban J connectivity index is 2.26. The zero-order valence-electron chi connectivity index (χ0n) is 12.0. The molecular weight excluding hydrogens is 256 g/mol. The van der Waals surface area contributed by atoms with Crippen molar-refractivity contribution in [1.82, 2.24) is 19.7 Å². The molecule has 0 aliphatic carbocycles. The normalized spacial score (nSPS) is 10.8. The molecule has 2 aromatic heterocycles. The fraction of sp³-hybridized carbons (Fsp3) is 0.385. The minimum atomic E-state index is -0.305. The van der Waals surface area contributed by atoms with Gasteiger partial charge in [-0.2, -0.15) is 5.10 Å². The standard InChI is InChI=1S/C13H18N6O/c1-7(2)19-6-10(14)5-11(19)12(20)16-13-15-8(3)9(4)17-18-13/h5-7H,14H2,1-4H3,(H,15,16,18,20). The zero-order valence-corrected chi connectivity index (χ0v) is 12.0. The van der Waals surface area contributed by atoms with Crippen molar-refractivity contribution in [2.24, 2.45) is 0 Å². The first-order chi connectivity index (χ1) is 9.38. The molecule has 2 rings (SSSR count). The van der Waals surface area contributed by atoms with E-state index in [0.717, 1.165) is 11.4 Å². The largest absolute Gasteiger partial charge is 0.397 e. The van der Waals surface area contributed by atoms with Crippen LogP contribution in [0.4, 0.5) is 11.6 Å². The van der Waals surface area contributed by atoms with Crippen LogP contribution in [0.3, 0.4) is 0 Å². The molecule has 0 radical (unpaired) electrons. The summed E-state index contributed by atoms with van der Waals surface area (Å²) in [5, 5.41) is 10.4. The molecule has 2 aromatic rings. The smallest absolute Gasteiger partial charge is 0.274 e. The van der Waals surface area contributed by atoms with E-state index in [2.05, 4.69) is 20.5 Å². The lowest BCUT2D eigenvalue weighted by Gasteiger charge is -2.12. The van der Waals surface area contributed by atoms with Gasteiger partial charge in [-0.25, -0.2) is 4.98 Å². The molecule has 2 heterocycles. The summed E-state index contributed by atoms with van der Waals surface area (Å²) in [4.78, 5) is 16.4. The number of hydrogen-bond donors (Lipinski definition) is 2. The number of nitrogen functional groups attached to an aromatic ring is 1. The van der Waals surface area contributed by atoms with Crippen molar-refractivity contribution in [2.45, 2.75) is 33.7 Å². The van der Waals surface area contributed by atoms with Crippen molar-refractivity contribution >= 4 is 17.5 Å². The Hall–Kier alpha value is -2.44. The third-order valence-corrected chi connectivity index (χ3v) is 2.98. The van der Waals surface area contributed by atoms with Crippen molar-refractivity contribution in [2.75, 3.05) is 11.1 Å². The van der Waals surface area contributed by atoms with Gasteiger partial charge in [0.25, 0.3) is 5.91 Å². The molecule has 0 fully saturated rings. The van der Waals surface area contributed by atoms with Gasteiger partial charge in [-0.15, -0.1) is 5.10 Å². The number of aryl methyl sites for hydroxylation is 2. The van der Waals surface area contributed by atoms with Crippen LogP contribution in [0.25, 0.3) is 0 Å². The molecule has 3 N–H and O–H groups in total. The fourth-order valence-electron chi connectivity index (χ4n) is 1.79. The van der Waals surface area contributed by atoms with Crippen LogP contribution in [0.15, 0.2) is 12.3 Å². The van der Waals surface area contributed by atoms with E-state index in [0.29, 0.717) is 11.4 Å². The topological polar surface area (TPSA) is 98.7 Å². The summed E-state index contributed by atoms with van der Waals surface area (Å²) in [6.45, 7) is 7.58. The SMILES string of the molecule is Cc1nnc(NC(=O)c2cc(N)cn2C(C)C)nc1C. The van der Waals surface area contributed by atoms with Gasteiger partial charge in [0.05, 0.1) is 17.1 Å². The Morgan fingerprint density at radius 2 is 2.00 bits per heavy atom. The minimum absolute atomic E-state index is 0.131. The van der Waals surface area contributed by atoms with E-state index >= 15 is 0 Å². The molecule has 1 amide bonds. The van der Waals surface area contributed by atoms with Gasteiger partial charge in [0.15, 0.2) is 0 Å². The van der Waals surface area contributed by atoms with Crippen LogP contribution in [-0.4, -0.2) is 25.7 Å². The lowest BCUT2D eigenvalue weighted by Crippen LogP contribution is -2.19. The van der Waals surface area contributed by atoms with Crippen molar-refractivity contribution in [1.29, 1.82) is 0 Å². The molecule has 0 saturated carbocycles. The van der Waals surface area contributed by atoms with Crippen LogP contribution in [-0.2, 0) is 0 Å². The van der Waals surface area contributed by atoms with Gasteiger partial charge in [0, 0.05) is 12.2 Å². The average Bonchev–Trinajstić information content (AvgIpc) is 2.76. The number of hydrogen-bond acceptors (Lipinski definition) is 5. The highest BCUT2D eigenvalue weighted by molar-refractivity contribution is 6.02. The molecule has 0 aromatic carbocycles. The molecule has 0 aliphatic rings. The van der Waals surface area contributed by atoms with Gasteiger partial charge in [-0.1, -0.05) is 0 Å². The van der Waals surface area contributed by atoms with Gasteiger partial charge in [0.2, 0.25) is 5.95 Å². The Labute approximate surface area is 117 Å². The summed E-state index contributed by atoms with van der Waals surface area (Å²) in [6.07, 6.45) is 1.74. The first-order valence-electron chi connectivity index (χ1n) is 6.35. The Kier molecular flexibility index (Phi) is 3.69. The highest BCUT2D eigenvalue weighted by Crippen LogP contribution is 2.17. The van der Waals surface area contributed by atoms with Gasteiger partial charge in [0.1, 0.15) is 5.69 Å². The van der Waals surface area contributed by atoms with Gasteiger partial charge in [-0.3, -0.25) is 10.1 Å². The second kappa shape index (κ2) is 5.28. The summed E-state index contributed by atoms with van der Waals surface area (Å²) < 4.78 is 1.80. The molecule has 0 saturated heterocycles. The number of aromatic nitrogens is 4. The summed E-state index contributed by atoms with van der Waals surface area (Å²) in [5.74, 6) is -0.117. The number of nitrogens with two attached hydrogens (primary N) is 1. The number of nitrogens with one attached hydrogen (secondary N) is 1. The van der Waals surface area contributed by atoms with Crippen LogP contribution in [0.1, 0.15) is 41.8 Å². The molecule has 7 nitrogen and oxygen atoms in total. The van der Waals surface area contributed by atoms with Crippen molar-refractivity contribution in [3.8, 4) is 0 Å². The summed E-state index contributed by atoms with van der Waals surface area (Å²) in [7, 11) is 0. The maximum atomic E-state index is 12.3. The second-order valence-corrected chi connectivity index (χ2v) is 4.92. The number of carbonyl (C=O) groups excluding carboxylic acids is 1. The lowest BCUT2D eigenvalue weighted by molar-refractivity contribution is 0.101. The maximum Gasteiger partial charge on any atom is 0.274 e. The van der Waals surface area contributed by atoms with E-state index in [1.54, 1.807) is 16.8 Å². The molecule has 0 aliphatic heterocycles. The highest BCUT2D eigenvalue weighted by Gasteiger charge is 2.16. The molecule has 20 heavy (non-hydrogen) atoms. The summed E-state index contributed by atoms with van der Waals surface area (Å²) in [6, 6.07) is 1.76. The third-order valence-electron chi connectivity index (χ3n) is 2.98. The molecule has 0 spiro atoms. The molecule has 0 bridgehead atoms. The minimum Gasteiger partial charge on any atom is -0.397 e. The van der Waals surface area contributed by atoms with Crippen LogP contribution < -0.4 is 11.1 Å². The van der Waals surface area contributed by atoms with Gasteiger partial charge >= 0.3 is 0 Å². The third kappa shape index (κ3) is 2.76. The van der Waals surface area contributed by atoms with E-state index < -0.39 is 0 Å². The van der Waals surface area contributed by atoms with Gasteiger partial charge in [-0.05, 0) is 33.8 Å². The van der Waals surface area contributed by atoms with E-state index in [9.17, 15) is 4.79 Å². The van der Waals surface area contributed by atoms with E-state index in [4.69, 9.17) is 5.73 Å². The van der Waals surface area contributed by atoms with Crippen LogP contribution in [0.5, 0.6) is 0 Å².